The van der Waals surface area contributed by atoms with Crippen LogP contribution in [0.15, 0.2) is 70.5 Å². The largest absolute Gasteiger partial charge is 0.477 e. The van der Waals surface area contributed by atoms with E-state index in [2.05, 4.69) is 0 Å². The van der Waals surface area contributed by atoms with Gasteiger partial charge in [-0.25, -0.2) is 17.2 Å². The maximum atomic E-state index is 13.7. The molecule has 4 aromatic rings. The van der Waals surface area contributed by atoms with Gasteiger partial charge in [-0.1, -0.05) is 35.9 Å². The summed E-state index contributed by atoms with van der Waals surface area (Å²) >= 11 is 0. The van der Waals surface area contributed by atoms with E-state index >= 15 is 0 Å². The van der Waals surface area contributed by atoms with Crippen molar-refractivity contribution in [3.8, 4) is 0 Å². The van der Waals surface area contributed by atoms with Crippen LogP contribution in [-0.2, 0) is 27.3 Å². The Morgan fingerprint density at radius 3 is 2.39 bits per heavy atom. The third-order valence-electron chi connectivity index (χ3n) is 7.88. The Labute approximate surface area is 231 Å². The molecular formula is C28H22F3N3O6S. The van der Waals surface area contributed by atoms with Gasteiger partial charge in [0.15, 0.2) is 0 Å². The minimum absolute atomic E-state index is 0.00242. The van der Waals surface area contributed by atoms with Crippen LogP contribution in [0.25, 0.3) is 10.9 Å². The van der Waals surface area contributed by atoms with Crippen LogP contribution in [0.4, 0.5) is 18.9 Å². The number of hydrogen-bond acceptors (Lipinski definition) is 5. The molecule has 2 aliphatic rings. The number of anilines is 1. The number of pyridine rings is 1. The number of para-hydroxylation sites is 1. The summed E-state index contributed by atoms with van der Waals surface area (Å²) in [4.78, 5) is 39.8. The summed E-state index contributed by atoms with van der Waals surface area (Å²) in [6, 6.07) is 12.9. The fourth-order valence-electron chi connectivity index (χ4n) is 5.97. The first kappa shape index (κ1) is 26.8. The van der Waals surface area contributed by atoms with Crippen molar-refractivity contribution in [1.82, 2.24) is 8.54 Å². The Hall–Kier alpha value is -4.39. The van der Waals surface area contributed by atoms with Gasteiger partial charge < -0.3 is 14.6 Å². The van der Waals surface area contributed by atoms with E-state index < -0.39 is 62.7 Å². The van der Waals surface area contributed by atoms with Gasteiger partial charge in [0.25, 0.3) is 15.6 Å². The lowest BCUT2D eigenvalue weighted by molar-refractivity contribution is -0.133. The molecular weight excluding hydrogens is 563 g/mol. The highest BCUT2D eigenvalue weighted by molar-refractivity contribution is 7.90. The van der Waals surface area contributed by atoms with Crippen molar-refractivity contribution in [3.63, 3.8) is 0 Å². The molecule has 0 saturated heterocycles. The highest BCUT2D eigenvalue weighted by Crippen LogP contribution is 2.67. The van der Waals surface area contributed by atoms with Gasteiger partial charge in [0.1, 0.15) is 17.8 Å². The van der Waals surface area contributed by atoms with Crippen molar-refractivity contribution >= 4 is 38.5 Å². The molecule has 0 radical (unpaired) electrons. The molecule has 2 aromatic heterocycles. The summed E-state index contributed by atoms with van der Waals surface area (Å²) in [7, 11) is -3.21. The van der Waals surface area contributed by atoms with Crippen LogP contribution in [-0.4, -0.2) is 46.7 Å². The summed E-state index contributed by atoms with van der Waals surface area (Å²) in [5.41, 5.74) is -1.69. The smallest absolute Gasteiger partial charge is 0.406 e. The molecule has 1 aliphatic carbocycles. The molecule has 1 fully saturated rings. The quantitative estimate of drug-likeness (QED) is 0.380. The van der Waals surface area contributed by atoms with E-state index in [0.29, 0.717) is 20.0 Å². The number of aromatic carboxylic acids is 1. The second-order valence-corrected chi connectivity index (χ2v) is 12.2. The first-order valence-corrected chi connectivity index (χ1v) is 13.9. The van der Waals surface area contributed by atoms with Crippen LogP contribution in [0.2, 0.25) is 0 Å². The number of benzene rings is 2. The average molecular weight is 586 g/mol. The molecule has 1 unspecified atom stereocenters. The van der Waals surface area contributed by atoms with E-state index in [9.17, 15) is 41.1 Å². The number of nitrogens with zero attached hydrogens (tertiary/aromatic N) is 3. The molecule has 2 aromatic carbocycles. The highest BCUT2D eigenvalue weighted by atomic mass is 32.2. The normalized spacial score (nSPS) is 20.2. The van der Waals surface area contributed by atoms with E-state index in [-0.39, 0.29) is 22.4 Å². The predicted octanol–water partition coefficient (Wildman–Crippen LogP) is 3.92. The van der Waals surface area contributed by atoms with Gasteiger partial charge in [0.2, 0.25) is 5.91 Å². The molecule has 1 saturated carbocycles. The topological polar surface area (TPSA) is 119 Å². The molecule has 3 heterocycles. The Kier molecular flexibility index (Phi) is 5.60. The molecule has 2 atom stereocenters. The molecule has 9 nitrogen and oxygen atoms in total. The number of aromatic nitrogens is 2. The van der Waals surface area contributed by atoms with Gasteiger partial charge >= 0.3 is 12.1 Å². The molecule has 1 N–H and O–H groups in total. The minimum atomic E-state index is -4.65. The summed E-state index contributed by atoms with van der Waals surface area (Å²) in [6.07, 6.45) is -3.16. The number of halogens is 3. The zero-order valence-electron chi connectivity index (χ0n) is 21.6. The maximum absolute atomic E-state index is 13.7. The van der Waals surface area contributed by atoms with E-state index in [0.717, 1.165) is 16.2 Å². The lowest BCUT2D eigenvalue weighted by atomic mass is 9.91. The number of carbonyl (C=O) groups excluding carboxylic acids is 1. The number of alkyl halides is 3. The highest BCUT2D eigenvalue weighted by Gasteiger charge is 2.68. The van der Waals surface area contributed by atoms with Crippen molar-refractivity contribution in [2.45, 2.75) is 35.7 Å². The SMILES string of the molecule is Cc1ccc(S(=O)(=O)n2c(C(=O)O)cc3c(C4C[C@@]45C(=O)N(CC(F)(F)F)c4ccccc45)cn(C)c(=O)c32)cc1. The van der Waals surface area contributed by atoms with Crippen molar-refractivity contribution in [3.05, 3.63) is 93.5 Å². The maximum Gasteiger partial charge on any atom is 0.406 e. The Morgan fingerprint density at radius 2 is 1.76 bits per heavy atom. The number of hydrogen-bond donors (Lipinski definition) is 1. The lowest BCUT2D eigenvalue weighted by Gasteiger charge is -2.20. The molecule has 212 valence electrons. The summed E-state index contributed by atoms with van der Waals surface area (Å²) in [5, 5.41) is 9.99. The van der Waals surface area contributed by atoms with Crippen LogP contribution >= 0.6 is 0 Å². The number of aryl methyl sites for hydroxylation is 2. The van der Waals surface area contributed by atoms with Gasteiger partial charge in [-0.2, -0.15) is 13.2 Å². The fraction of sp³-hybridized carbons (Fsp3) is 0.250. The van der Waals surface area contributed by atoms with Crippen molar-refractivity contribution in [1.29, 1.82) is 0 Å². The van der Waals surface area contributed by atoms with Crippen molar-refractivity contribution in [2.24, 2.45) is 7.05 Å². The van der Waals surface area contributed by atoms with Gasteiger partial charge in [-0.15, -0.1) is 0 Å². The predicted molar refractivity (Wildman–Crippen MR) is 142 cm³/mol. The van der Waals surface area contributed by atoms with E-state index in [1.165, 1.54) is 49.6 Å². The summed E-state index contributed by atoms with van der Waals surface area (Å²) < 4.78 is 69.3. The number of carboxylic acids is 1. The first-order valence-electron chi connectivity index (χ1n) is 12.5. The minimum Gasteiger partial charge on any atom is -0.477 e. The first-order chi connectivity index (χ1) is 19.2. The second kappa shape index (κ2) is 8.56. The zero-order chi connectivity index (χ0) is 29.6. The van der Waals surface area contributed by atoms with Gasteiger partial charge in [0, 0.05) is 30.2 Å². The van der Waals surface area contributed by atoms with Gasteiger partial charge in [-0.05, 0) is 48.7 Å². The second-order valence-electron chi connectivity index (χ2n) is 10.4. The Bertz CT molecular complexity index is 1960. The van der Waals surface area contributed by atoms with Crippen molar-refractivity contribution in [2.75, 3.05) is 11.4 Å². The lowest BCUT2D eigenvalue weighted by Crippen LogP contribution is -2.39. The zero-order valence-corrected chi connectivity index (χ0v) is 22.5. The molecule has 41 heavy (non-hydrogen) atoms. The third-order valence-corrected chi connectivity index (χ3v) is 9.61. The van der Waals surface area contributed by atoms with Crippen LogP contribution < -0.4 is 10.5 Å². The Balaban J connectivity index is 1.58. The molecule has 1 aliphatic heterocycles. The van der Waals surface area contributed by atoms with Crippen LogP contribution in [0, 0.1) is 6.92 Å². The number of carboxylic acid groups (broad SMARTS) is 1. The number of carbonyl (C=O) groups is 2. The average Bonchev–Trinajstić information content (AvgIpc) is 3.44. The van der Waals surface area contributed by atoms with Gasteiger partial charge in [0.05, 0.1) is 10.3 Å². The molecule has 13 heteroatoms. The molecule has 1 spiro atoms. The van der Waals surface area contributed by atoms with Crippen molar-refractivity contribution < 1.29 is 36.3 Å². The number of rotatable bonds is 5. The molecule has 0 bridgehead atoms. The Morgan fingerprint density at radius 1 is 1.10 bits per heavy atom. The van der Waals surface area contributed by atoms with E-state index in [1.54, 1.807) is 19.1 Å². The van der Waals surface area contributed by atoms with E-state index in [1.807, 2.05) is 0 Å². The van der Waals surface area contributed by atoms with Crippen LogP contribution in [0.1, 0.15) is 39.5 Å². The monoisotopic (exact) mass is 585 g/mol. The van der Waals surface area contributed by atoms with E-state index in [4.69, 9.17) is 0 Å². The van der Waals surface area contributed by atoms with Gasteiger partial charge in [-0.3, -0.25) is 9.59 Å². The standard InChI is InChI=1S/C28H22F3N3O6S/c1-15-7-9-16(10-8-15)41(39,40)34-22(25(36)37)11-17-18(13-32(2)24(35)23(17)34)20-12-27(20)19-5-3-4-6-21(19)33(26(27)38)14-28(29,30)31/h3-11,13,20H,12,14H2,1-2H3,(H,36,37)/t20?,27-/m0/s1. The van der Waals surface area contributed by atoms with Crippen LogP contribution in [0.5, 0.6) is 0 Å². The molecule has 6 rings (SSSR count). The third kappa shape index (κ3) is 3.82. The number of amides is 1. The van der Waals surface area contributed by atoms with Crippen LogP contribution in [0.3, 0.4) is 0 Å². The summed E-state index contributed by atoms with van der Waals surface area (Å²) in [6.45, 7) is 0.268. The summed E-state index contributed by atoms with van der Waals surface area (Å²) in [5.74, 6) is -3.09. The molecule has 1 amide bonds. The fourth-order valence-corrected chi connectivity index (χ4v) is 7.47. The number of fused-ring (bicyclic) bond motifs is 3.